The van der Waals surface area contributed by atoms with Gasteiger partial charge in [0.25, 0.3) is 0 Å². The van der Waals surface area contributed by atoms with E-state index in [4.69, 9.17) is 12.2 Å². The first-order valence-corrected chi connectivity index (χ1v) is 4.63. The zero-order valence-electron chi connectivity index (χ0n) is 8.68. The van der Waals surface area contributed by atoms with Gasteiger partial charge in [-0.15, -0.1) is 0 Å². The van der Waals surface area contributed by atoms with Crippen molar-refractivity contribution in [1.29, 1.82) is 0 Å². The van der Waals surface area contributed by atoms with Crippen LogP contribution in [0.4, 0.5) is 0 Å². The normalized spacial score (nSPS) is 10.3. The number of aromatic nitrogens is 3. The van der Waals surface area contributed by atoms with Crippen LogP contribution < -0.4 is 11.4 Å². The van der Waals surface area contributed by atoms with Crippen LogP contribution in [0.25, 0.3) is 0 Å². The molecule has 0 amide bonds. The maximum atomic E-state index is 11.6. The lowest BCUT2D eigenvalue weighted by Crippen LogP contribution is -2.44. The van der Waals surface area contributed by atoms with Crippen molar-refractivity contribution in [2.24, 2.45) is 14.1 Å². The smallest absolute Gasteiger partial charge is 0.298 e. The molecule has 1 heterocycles. The van der Waals surface area contributed by atoms with E-state index in [0.29, 0.717) is 0 Å². The average molecular weight is 229 g/mol. The molecule has 0 radical (unpaired) electrons. The predicted octanol–water partition coefficient (Wildman–Crippen LogP) is -0.796. The molecule has 0 aliphatic heterocycles. The van der Waals surface area contributed by atoms with E-state index in [1.54, 1.807) is 0 Å². The highest BCUT2D eigenvalue weighted by Crippen LogP contribution is 1.85. The fourth-order valence-electron chi connectivity index (χ4n) is 1.19. The van der Waals surface area contributed by atoms with E-state index in [1.807, 2.05) is 0 Å². The van der Waals surface area contributed by atoms with E-state index in [2.05, 4.69) is 0 Å². The first-order chi connectivity index (χ1) is 6.86. The van der Waals surface area contributed by atoms with Gasteiger partial charge in [-0.25, -0.2) is 14.2 Å². The Morgan fingerprint density at radius 1 is 1.20 bits per heavy atom. The Kier molecular flexibility index (Phi) is 3.04. The number of nitrogens with zero attached hydrogens (tertiary/aromatic N) is 3. The van der Waals surface area contributed by atoms with Crippen molar-refractivity contribution < 1.29 is 4.79 Å². The number of hydrogen-bond acceptors (Lipinski definition) is 4. The lowest BCUT2D eigenvalue weighted by Gasteiger charge is -2.08. The molecule has 0 unspecified atom stereocenters. The second kappa shape index (κ2) is 3.93. The molecule has 1 aromatic rings. The molecule has 0 N–H and O–H groups in total. The highest BCUT2D eigenvalue weighted by Gasteiger charge is 2.08. The van der Waals surface area contributed by atoms with Crippen molar-refractivity contribution in [1.82, 2.24) is 13.7 Å². The van der Waals surface area contributed by atoms with Gasteiger partial charge in [0.05, 0.1) is 6.54 Å². The Morgan fingerprint density at radius 3 is 2.20 bits per heavy atom. The molecule has 0 fully saturated rings. The van der Waals surface area contributed by atoms with Gasteiger partial charge in [0.15, 0.2) is 4.77 Å². The largest absolute Gasteiger partial charge is 0.334 e. The molecule has 1 aromatic heterocycles. The summed E-state index contributed by atoms with van der Waals surface area (Å²) in [6.07, 6.45) is 0. The third-order valence-electron chi connectivity index (χ3n) is 1.99. The fourth-order valence-corrected chi connectivity index (χ4v) is 1.41. The summed E-state index contributed by atoms with van der Waals surface area (Å²) in [4.78, 5) is 33.9. The van der Waals surface area contributed by atoms with Gasteiger partial charge in [0, 0.05) is 14.1 Å². The summed E-state index contributed by atoms with van der Waals surface area (Å²) in [6.45, 7) is 1.24. The first-order valence-electron chi connectivity index (χ1n) is 4.22. The number of rotatable bonds is 2. The summed E-state index contributed by atoms with van der Waals surface area (Å²) >= 11 is 4.91. The summed E-state index contributed by atoms with van der Waals surface area (Å²) in [5.41, 5.74) is -1.07. The van der Waals surface area contributed by atoms with Crippen molar-refractivity contribution in [3.63, 3.8) is 0 Å². The van der Waals surface area contributed by atoms with Crippen LogP contribution in [0, 0.1) is 4.77 Å². The number of carbonyl (C=O) groups excluding carboxylic acids is 1. The van der Waals surface area contributed by atoms with Crippen LogP contribution in [0.1, 0.15) is 6.92 Å². The molecule has 0 saturated heterocycles. The second-order valence-electron chi connectivity index (χ2n) is 3.25. The van der Waals surface area contributed by atoms with Crippen molar-refractivity contribution in [2.45, 2.75) is 13.5 Å². The Bertz CT molecular complexity index is 538. The van der Waals surface area contributed by atoms with Gasteiger partial charge in [-0.2, -0.15) is 0 Å². The van der Waals surface area contributed by atoms with Crippen molar-refractivity contribution in [2.75, 3.05) is 0 Å². The Balaban J connectivity index is 3.68. The van der Waals surface area contributed by atoms with E-state index in [0.717, 1.165) is 13.7 Å². The molecule has 0 atom stereocenters. The second-order valence-corrected chi connectivity index (χ2v) is 3.62. The lowest BCUT2D eigenvalue weighted by molar-refractivity contribution is -0.117. The standard InChI is InChI=1S/C8H11N3O3S/c1-5(12)4-11-7(14)9(2)6(13)10(3)8(11)15/h4H2,1-3H3. The van der Waals surface area contributed by atoms with E-state index < -0.39 is 11.4 Å². The first kappa shape index (κ1) is 11.6. The maximum Gasteiger partial charge on any atom is 0.334 e. The summed E-state index contributed by atoms with van der Waals surface area (Å²) in [7, 11) is 2.80. The quantitative estimate of drug-likeness (QED) is 0.623. The molecule has 0 spiro atoms. The van der Waals surface area contributed by atoms with Crippen LogP contribution in [0.15, 0.2) is 9.59 Å². The molecule has 1 rings (SSSR count). The Labute approximate surface area is 90.4 Å². The third-order valence-corrected chi connectivity index (χ3v) is 2.48. The van der Waals surface area contributed by atoms with Crippen LogP contribution in [0.5, 0.6) is 0 Å². The van der Waals surface area contributed by atoms with Gasteiger partial charge in [0.2, 0.25) is 0 Å². The molecule has 6 nitrogen and oxygen atoms in total. The summed E-state index contributed by atoms with van der Waals surface area (Å²) in [6, 6.07) is 0. The van der Waals surface area contributed by atoms with E-state index in [-0.39, 0.29) is 17.1 Å². The average Bonchev–Trinajstić information content (AvgIpc) is 2.18. The number of Topliss-reactive ketones (excluding diaryl/α,β-unsaturated/α-hetero) is 1. The molecular weight excluding hydrogens is 218 g/mol. The van der Waals surface area contributed by atoms with Gasteiger partial charge in [-0.1, -0.05) is 0 Å². The van der Waals surface area contributed by atoms with Gasteiger partial charge < -0.3 is 0 Å². The van der Waals surface area contributed by atoms with E-state index in [9.17, 15) is 14.4 Å². The molecular formula is C8H11N3O3S. The highest BCUT2D eigenvalue weighted by molar-refractivity contribution is 7.71. The maximum absolute atomic E-state index is 11.6. The Morgan fingerprint density at radius 2 is 1.73 bits per heavy atom. The molecule has 82 valence electrons. The fraction of sp³-hybridized carbons (Fsp3) is 0.500. The number of carbonyl (C=O) groups is 1. The highest BCUT2D eigenvalue weighted by atomic mass is 32.1. The van der Waals surface area contributed by atoms with Crippen LogP contribution in [-0.2, 0) is 25.4 Å². The summed E-state index contributed by atoms with van der Waals surface area (Å²) < 4.78 is 3.22. The van der Waals surface area contributed by atoms with Crippen molar-refractivity contribution >= 4 is 18.0 Å². The SMILES string of the molecule is CC(=O)Cn1c(=O)n(C)c(=O)n(C)c1=S. The van der Waals surface area contributed by atoms with Gasteiger partial charge >= 0.3 is 11.4 Å². The van der Waals surface area contributed by atoms with Crippen LogP contribution in [0.2, 0.25) is 0 Å². The summed E-state index contributed by atoms with van der Waals surface area (Å²) in [5, 5.41) is 0. The molecule has 0 aromatic carbocycles. The summed E-state index contributed by atoms with van der Waals surface area (Å²) in [5.74, 6) is -0.193. The predicted molar refractivity (Wildman–Crippen MR) is 56.4 cm³/mol. The minimum atomic E-state index is -0.571. The number of hydrogen-bond donors (Lipinski definition) is 0. The van der Waals surface area contributed by atoms with Crippen LogP contribution in [-0.4, -0.2) is 19.5 Å². The topological polar surface area (TPSA) is 66.0 Å². The Hall–Kier alpha value is -1.50. The molecule has 0 bridgehead atoms. The number of ketones is 1. The van der Waals surface area contributed by atoms with Crippen molar-refractivity contribution in [3.8, 4) is 0 Å². The molecule has 7 heteroatoms. The zero-order valence-corrected chi connectivity index (χ0v) is 9.50. The molecule has 0 aliphatic carbocycles. The molecule has 0 aliphatic rings. The lowest BCUT2D eigenvalue weighted by atomic mass is 10.4. The molecule has 0 saturated carbocycles. The zero-order chi connectivity index (χ0) is 11.7. The van der Waals surface area contributed by atoms with Crippen molar-refractivity contribution in [3.05, 3.63) is 25.7 Å². The third kappa shape index (κ3) is 1.96. The van der Waals surface area contributed by atoms with E-state index >= 15 is 0 Å². The van der Waals surface area contributed by atoms with Crippen LogP contribution in [0.3, 0.4) is 0 Å². The minimum Gasteiger partial charge on any atom is -0.298 e. The van der Waals surface area contributed by atoms with E-state index in [1.165, 1.54) is 21.0 Å². The van der Waals surface area contributed by atoms with Crippen LogP contribution >= 0.6 is 12.2 Å². The molecule has 15 heavy (non-hydrogen) atoms. The van der Waals surface area contributed by atoms with Gasteiger partial charge in [-0.3, -0.25) is 13.9 Å². The monoisotopic (exact) mass is 229 g/mol. The minimum absolute atomic E-state index is 0.0540. The van der Waals surface area contributed by atoms with Gasteiger partial charge in [-0.05, 0) is 19.1 Å². The van der Waals surface area contributed by atoms with Gasteiger partial charge in [0.1, 0.15) is 5.78 Å².